The minimum atomic E-state index is 0.110. The van der Waals surface area contributed by atoms with Gasteiger partial charge in [0.1, 0.15) is 6.11 Å². The molecule has 54 valence electrons. The first-order valence-corrected chi connectivity index (χ1v) is 3.10. The van der Waals surface area contributed by atoms with Crippen molar-refractivity contribution in [3.63, 3.8) is 0 Å². The van der Waals surface area contributed by atoms with E-state index in [1.165, 1.54) is 0 Å². The number of rotatable bonds is 2. The summed E-state index contributed by atoms with van der Waals surface area (Å²) in [7, 11) is 0. The van der Waals surface area contributed by atoms with Crippen molar-refractivity contribution in [1.29, 1.82) is 0 Å². The first-order chi connectivity index (χ1) is 4.91. The highest BCUT2D eigenvalue weighted by Crippen LogP contribution is 1.82. The Kier molecular flexibility index (Phi) is 7.00. The zero-order valence-electron chi connectivity index (χ0n) is 5.72. The molecule has 0 aromatic carbocycles. The normalized spacial score (nSPS) is 6.90. The molecule has 0 aliphatic heterocycles. The number of aliphatic hydroxyl groups excluding tert-OH is 2. The highest BCUT2D eigenvalue weighted by molar-refractivity contribution is 5.02. The van der Waals surface area contributed by atoms with Gasteiger partial charge in [0.25, 0.3) is 0 Å². The van der Waals surface area contributed by atoms with Crippen molar-refractivity contribution >= 4 is 0 Å². The van der Waals surface area contributed by atoms with Gasteiger partial charge < -0.3 is 10.2 Å². The number of aliphatic hydroxyl groups is 2. The zero-order valence-corrected chi connectivity index (χ0v) is 5.72. The third-order valence-electron chi connectivity index (χ3n) is 0.816. The summed E-state index contributed by atoms with van der Waals surface area (Å²) in [4.78, 5) is 0. The molecule has 0 bridgehead atoms. The average Bonchev–Trinajstić information content (AvgIpc) is 1.97. The second kappa shape index (κ2) is 7.88. The molecule has 0 aliphatic carbocycles. The van der Waals surface area contributed by atoms with Crippen LogP contribution in [0.3, 0.4) is 0 Å². The third kappa shape index (κ3) is 6.88. The molecule has 0 saturated heterocycles. The van der Waals surface area contributed by atoms with Gasteiger partial charge in [-0.3, -0.25) is 0 Å². The maximum absolute atomic E-state index is 8.30. The van der Waals surface area contributed by atoms with E-state index in [9.17, 15) is 0 Å². The maximum Gasteiger partial charge on any atom is 0.107 e. The molecule has 0 heterocycles. The van der Waals surface area contributed by atoms with Crippen molar-refractivity contribution in [1.82, 2.24) is 0 Å². The molecular formula is C8H10O2. The standard InChI is InChI=1S/C8H10O2/c9-7-5-3-1-2-4-6-8-10/h9-10H,1,3,6,8H2. The molecule has 0 aromatic rings. The van der Waals surface area contributed by atoms with Gasteiger partial charge in [0.05, 0.1) is 6.61 Å². The molecule has 10 heavy (non-hydrogen) atoms. The number of hydrogen-bond acceptors (Lipinski definition) is 2. The topological polar surface area (TPSA) is 40.5 Å². The second-order valence-electron chi connectivity index (χ2n) is 1.62. The molecule has 0 aliphatic rings. The molecular weight excluding hydrogens is 128 g/mol. The molecule has 0 fully saturated rings. The summed E-state index contributed by atoms with van der Waals surface area (Å²) in [5.41, 5.74) is 0. The van der Waals surface area contributed by atoms with E-state index in [2.05, 4.69) is 17.8 Å². The summed E-state index contributed by atoms with van der Waals surface area (Å²) in [5.74, 6) is 8.01. The van der Waals surface area contributed by atoms with Crippen molar-refractivity contribution in [2.75, 3.05) is 6.61 Å². The highest BCUT2D eigenvalue weighted by Gasteiger charge is 1.73. The Labute approximate surface area is 60.9 Å². The Morgan fingerprint density at radius 3 is 2.10 bits per heavy atom. The van der Waals surface area contributed by atoms with E-state index < -0.39 is 0 Å². The van der Waals surface area contributed by atoms with Gasteiger partial charge in [-0.15, -0.1) is 11.8 Å². The van der Waals surface area contributed by atoms with E-state index in [4.69, 9.17) is 10.2 Å². The molecule has 0 aromatic heterocycles. The Balaban J connectivity index is 3.17. The van der Waals surface area contributed by atoms with Crippen molar-refractivity contribution < 1.29 is 10.2 Å². The summed E-state index contributed by atoms with van der Waals surface area (Å²) >= 11 is 0. The van der Waals surface area contributed by atoms with Gasteiger partial charge in [0.2, 0.25) is 0 Å². The van der Waals surface area contributed by atoms with Crippen LogP contribution in [-0.4, -0.2) is 16.8 Å². The molecule has 0 saturated carbocycles. The van der Waals surface area contributed by atoms with E-state index in [1.807, 2.05) is 0 Å². The minimum absolute atomic E-state index is 0.110. The molecule has 0 atom stereocenters. The van der Waals surface area contributed by atoms with Crippen molar-refractivity contribution in [3.8, 4) is 23.9 Å². The third-order valence-corrected chi connectivity index (χ3v) is 0.816. The molecule has 0 amide bonds. The van der Waals surface area contributed by atoms with Crippen LogP contribution in [0.5, 0.6) is 0 Å². The monoisotopic (exact) mass is 138 g/mol. The fraction of sp³-hybridized carbons (Fsp3) is 0.500. The Bertz CT molecular complexity index is 175. The van der Waals surface area contributed by atoms with Crippen molar-refractivity contribution in [3.05, 3.63) is 0 Å². The summed E-state index contributed by atoms with van der Waals surface area (Å²) in [5, 5.41) is 16.3. The predicted molar refractivity (Wildman–Crippen MR) is 38.4 cm³/mol. The molecule has 0 rings (SSSR count). The van der Waals surface area contributed by atoms with Crippen LogP contribution in [0.4, 0.5) is 0 Å². The lowest BCUT2D eigenvalue weighted by atomic mass is 10.3. The van der Waals surface area contributed by atoms with Crippen LogP contribution in [0, 0.1) is 23.9 Å². The summed E-state index contributed by atoms with van der Waals surface area (Å²) in [6.45, 7) is 0.110. The van der Waals surface area contributed by atoms with Gasteiger partial charge in [0.15, 0.2) is 0 Å². The lowest BCUT2D eigenvalue weighted by molar-refractivity contribution is 0.305. The van der Waals surface area contributed by atoms with E-state index in [0.29, 0.717) is 19.3 Å². The average molecular weight is 138 g/mol. The van der Waals surface area contributed by atoms with E-state index in [-0.39, 0.29) is 6.61 Å². The van der Waals surface area contributed by atoms with Crippen LogP contribution < -0.4 is 0 Å². The van der Waals surface area contributed by atoms with Crippen LogP contribution in [0.2, 0.25) is 0 Å². The molecule has 0 radical (unpaired) electrons. The molecule has 2 N–H and O–H groups in total. The Morgan fingerprint density at radius 1 is 0.900 bits per heavy atom. The van der Waals surface area contributed by atoms with Crippen LogP contribution in [0.25, 0.3) is 0 Å². The van der Waals surface area contributed by atoms with Gasteiger partial charge in [-0.2, -0.15) is 0 Å². The van der Waals surface area contributed by atoms with Crippen molar-refractivity contribution in [2.45, 2.75) is 19.3 Å². The first kappa shape index (κ1) is 8.88. The maximum atomic E-state index is 8.30. The fourth-order valence-corrected chi connectivity index (χ4v) is 0.414. The van der Waals surface area contributed by atoms with Gasteiger partial charge >= 0.3 is 0 Å². The van der Waals surface area contributed by atoms with E-state index in [0.717, 1.165) is 0 Å². The molecule has 2 nitrogen and oxygen atoms in total. The van der Waals surface area contributed by atoms with Crippen LogP contribution in [0.15, 0.2) is 0 Å². The van der Waals surface area contributed by atoms with Crippen LogP contribution in [0.1, 0.15) is 19.3 Å². The van der Waals surface area contributed by atoms with Crippen molar-refractivity contribution in [2.24, 2.45) is 0 Å². The summed E-state index contributed by atoms with van der Waals surface area (Å²) in [6, 6.07) is 0. The predicted octanol–water partition coefficient (Wildman–Crippen LogP) is 0.486. The summed E-state index contributed by atoms with van der Waals surface area (Å²) in [6.07, 6.45) is 3.56. The largest absolute Gasteiger partial charge is 0.462 e. The number of unbranched alkanes of at least 4 members (excludes halogenated alkanes) is 1. The number of hydrogen-bond donors (Lipinski definition) is 2. The molecule has 0 unspecified atom stereocenters. The van der Waals surface area contributed by atoms with E-state index >= 15 is 0 Å². The Morgan fingerprint density at radius 2 is 1.50 bits per heavy atom. The lowest BCUT2D eigenvalue weighted by Crippen LogP contribution is -1.75. The van der Waals surface area contributed by atoms with E-state index in [1.54, 1.807) is 6.11 Å². The van der Waals surface area contributed by atoms with Gasteiger partial charge in [-0.05, 0) is 0 Å². The lowest BCUT2D eigenvalue weighted by Gasteiger charge is -1.78. The van der Waals surface area contributed by atoms with Gasteiger partial charge in [-0.1, -0.05) is 5.92 Å². The summed E-state index contributed by atoms with van der Waals surface area (Å²) < 4.78 is 0. The SMILES string of the molecule is OC#CCCC#CCCO. The van der Waals surface area contributed by atoms with Crippen LogP contribution >= 0.6 is 0 Å². The fourth-order valence-electron chi connectivity index (χ4n) is 0.414. The quantitative estimate of drug-likeness (QED) is 0.430. The Hall–Kier alpha value is -1.12. The van der Waals surface area contributed by atoms with Crippen LogP contribution in [-0.2, 0) is 0 Å². The minimum Gasteiger partial charge on any atom is -0.462 e. The smallest absolute Gasteiger partial charge is 0.107 e. The van der Waals surface area contributed by atoms with Gasteiger partial charge in [-0.25, -0.2) is 0 Å². The highest BCUT2D eigenvalue weighted by atomic mass is 16.3. The second-order valence-corrected chi connectivity index (χ2v) is 1.62. The molecule has 0 spiro atoms. The first-order valence-electron chi connectivity index (χ1n) is 3.10. The van der Waals surface area contributed by atoms with Gasteiger partial charge in [0, 0.05) is 19.3 Å². The molecule has 2 heteroatoms. The zero-order chi connectivity index (χ0) is 7.66.